The van der Waals surface area contributed by atoms with Crippen LogP contribution < -0.4 is 5.32 Å². The second kappa shape index (κ2) is 12.9. The maximum absolute atomic E-state index is 12.9. The molecule has 0 aromatic rings. The molecule has 1 rings (SSSR count). The molecule has 31 heavy (non-hydrogen) atoms. The summed E-state index contributed by atoms with van der Waals surface area (Å²) in [6.07, 6.45) is 2.52. The molecule has 9 nitrogen and oxygen atoms in total. The molecule has 0 bridgehead atoms. The number of ether oxygens (including phenoxy) is 4. The number of hydrogen-bond donors (Lipinski definition) is 1. The van der Waals surface area contributed by atoms with E-state index < -0.39 is 35.5 Å². The summed E-state index contributed by atoms with van der Waals surface area (Å²) in [5.41, 5.74) is -2.50. The number of piperidine rings is 1. The lowest BCUT2D eigenvalue weighted by Gasteiger charge is -2.38. The van der Waals surface area contributed by atoms with E-state index in [4.69, 9.17) is 18.9 Å². The highest BCUT2D eigenvalue weighted by Crippen LogP contribution is 2.27. The molecule has 0 aromatic heterocycles. The minimum absolute atomic E-state index is 0.0125. The van der Waals surface area contributed by atoms with Crippen LogP contribution in [0.2, 0.25) is 0 Å². The molecule has 1 atom stereocenters. The van der Waals surface area contributed by atoms with Gasteiger partial charge in [0.05, 0.1) is 13.2 Å². The Balaban J connectivity index is 2.93. The van der Waals surface area contributed by atoms with Crippen LogP contribution >= 0.6 is 0 Å². The zero-order valence-electron chi connectivity index (χ0n) is 20.0. The molecule has 1 amide bonds. The van der Waals surface area contributed by atoms with Gasteiger partial charge < -0.3 is 24.3 Å². The molecule has 0 aliphatic carbocycles. The second-order valence-electron chi connectivity index (χ2n) is 8.61. The molecule has 1 fully saturated rings. The summed E-state index contributed by atoms with van der Waals surface area (Å²) in [7, 11) is 0. The van der Waals surface area contributed by atoms with Gasteiger partial charge in [0.15, 0.2) is 0 Å². The average molecular weight is 445 g/mol. The molecule has 0 aromatic carbocycles. The Morgan fingerprint density at radius 3 is 2.00 bits per heavy atom. The van der Waals surface area contributed by atoms with E-state index in [1.54, 1.807) is 34.6 Å². The first-order valence-corrected chi connectivity index (χ1v) is 11.3. The molecular weight excluding hydrogens is 404 g/mol. The van der Waals surface area contributed by atoms with E-state index in [9.17, 15) is 14.4 Å². The summed E-state index contributed by atoms with van der Waals surface area (Å²) in [5, 5.41) is 2.64. The predicted molar refractivity (Wildman–Crippen MR) is 115 cm³/mol. The van der Waals surface area contributed by atoms with E-state index in [1.165, 1.54) is 0 Å². The van der Waals surface area contributed by atoms with Gasteiger partial charge in [-0.15, -0.1) is 0 Å². The fourth-order valence-electron chi connectivity index (χ4n) is 3.43. The van der Waals surface area contributed by atoms with Gasteiger partial charge in [-0.2, -0.15) is 0 Å². The van der Waals surface area contributed by atoms with Gasteiger partial charge in [0.25, 0.3) is 5.60 Å². The monoisotopic (exact) mass is 444 g/mol. The van der Waals surface area contributed by atoms with E-state index >= 15 is 0 Å². The van der Waals surface area contributed by atoms with E-state index in [-0.39, 0.29) is 26.2 Å². The summed E-state index contributed by atoms with van der Waals surface area (Å²) in [5.74, 6) is -1.54. The Morgan fingerprint density at radius 1 is 0.968 bits per heavy atom. The number of alkyl carbamates (subject to hydrolysis) is 1. The first-order chi connectivity index (χ1) is 14.6. The van der Waals surface area contributed by atoms with Crippen molar-refractivity contribution in [1.82, 2.24) is 10.2 Å². The van der Waals surface area contributed by atoms with Gasteiger partial charge in [0, 0.05) is 26.1 Å². The van der Waals surface area contributed by atoms with Crippen LogP contribution in [-0.2, 0) is 28.5 Å². The highest BCUT2D eigenvalue weighted by molar-refractivity contribution is 6.03. The van der Waals surface area contributed by atoms with Crippen molar-refractivity contribution in [3.05, 3.63) is 0 Å². The van der Waals surface area contributed by atoms with Gasteiger partial charge in [0.2, 0.25) is 0 Å². The molecule has 0 saturated carbocycles. The van der Waals surface area contributed by atoms with E-state index in [1.807, 2.05) is 6.92 Å². The number of rotatable bonds is 11. The van der Waals surface area contributed by atoms with Gasteiger partial charge >= 0.3 is 18.0 Å². The van der Waals surface area contributed by atoms with E-state index in [2.05, 4.69) is 10.2 Å². The third-order valence-corrected chi connectivity index (χ3v) is 4.86. The molecule has 1 heterocycles. The van der Waals surface area contributed by atoms with Crippen molar-refractivity contribution in [1.29, 1.82) is 0 Å². The largest absolute Gasteiger partial charge is 0.463 e. The zero-order chi connectivity index (χ0) is 23.5. The van der Waals surface area contributed by atoms with Crippen LogP contribution in [0.25, 0.3) is 0 Å². The summed E-state index contributed by atoms with van der Waals surface area (Å²) >= 11 is 0. The van der Waals surface area contributed by atoms with Crippen LogP contribution in [0.5, 0.6) is 0 Å². The molecule has 180 valence electrons. The quantitative estimate of drug-likeness (QED) is 0.224. The van der Waals surface area contributed by atoms with Crippen LogP contribution in [-0.4, -0.2) is 73.2 Å². The lowest BCUT2D eigenvalue weighted by molar-refractivity contribution is -0.211. The molecule has 1 aliphatic rings. The maximum Gasteiger partial charge on any atom is 0.407 e. The molecule has 9 heteroatoms. The first kappa shape index (κ1) is 27.2. The molecule has 0 radical (unpaired) electrons. The van der Waals surface area contributed by atoms with Gasteiger partial charge in [0.1, 0.15) is 11.8 Å². The lowest BCUT2D eigenvalue weighted by atomic mass is 9.96. The Labute approximate surface area is 186 Å². The topological polar surface area (TPSA) is 103 Å². The third kappa shape index (κ3) is 9.03. The SMILES string of the molecule is CCOC(=O)C(CCCNC(=O)OC(C)(C)C)(OC(C)N1CCCCC1)C(=O)OCC. The number of hydrogen-bond acceptors (Lipinski definition) is 8. The fourth-order valence-corrected chi connectivity index (χ4v) is 3.43. The third-order valence-electron chi connectivity index (χ3n) is 4.86. The number of esters is 2. The van der Waals surface area contributed by atoms with E-state index in [0.29, 0.717) is 6.42 Å². The van der Waals surface area contributed by atoms with Crippen molar-refractivity contribution in [2.75, 3.05) is 32.8 Å². The summed E-state index contributed by atoms with van der Waals surface area (Å²) < 4.78 is 21.8. The predicted octanol–water partition coefficient (Wildman–Crippen LogP) is 3.00. The van der Waals surface area contributed by atoms with Crippen molar-refractivity contribution >= 4 is 18.0 Å². The van der Waals surface area contributed by atoms with Crippen LogP contribution in [0.1, 0.15) is 73.6 Å². The number of nitrogens with one attached hydrogen (secondary N) is 1. The van der Waals surface area contributed by atoms with Gasteiger partial charge in [-0.3, -0.25) is 4.90 Å². The van der Waals surface area contributed by atoms with Crippen LogP contribution in [0.4, 0.5) is 4.79 Å². The van der Waals surface area contributed by atoms with Crippen molar-refractivity contribution < 1.29 is 33.3 Å². The molecule has 0 spiro atoms. The number of likely N-dealkylation sites (tertiary alicyclic amines) is 1. The summed E-state index contributed by atoms with van der Waals surface area (Å²) in [4.78, 5) is 39.9. The molecule has 1 saturated heterocycles. The fraction of sp³-hybridized carbons (Fsp3) is 0.864. The summed E-state index contributed by atoms with van der Waals surface area (Å²) in [6.45, 7) is 12.6. The highest BCUT2D eigenvalue weighted by Gasteiger charge is 2.51. The molecular formula is C22H40N2O7. The molecule has 1 aliphatic heterocycles. The average Bonchev–Trinajstić information content (AvgIpc) is 2.69. The Morgan fingerprint density at radius 2 is 1.52 bits per heavy atom. The summed E-state index contributed by atoms with van der Waals surface area (Å²) in [6, 6.07) is 0. The van der Waals surface area contributed by atoms with Gasteiger partial charge in [-0.25, -0.2) is 14.4 Å². The van der Waals surface area contributed by atoms with Crippen LogP contribution in [0.15, 0.2) is 0 Å². The Kier molecular flexibility index (Phi) is 11.3. The van der Waals surface area contributed by atoms with Gasteiger partial charge in [-0.1, -0.05) is 6.42 Å². The Hall–Kier alpha value is -1.87. The zero-order valence-corrected chi connectivity index (χ0v) is 20.0. The standard InChI is InChI=1S/C22H40N2O7/c1-7-28-18(25)22(19(26)29-8-2,30-17(3)24-15-10-9-11-16-24)13-12-14-23-20(27)31-21(4,5)6/h17H,7-16H2,1-6H3,(H,23,27). The second-order valence-corrected chi connectivity index (χ2v) is 8.61. The van der Waals surface area contributed by atoms with Gasteiger partial charge in [-0.05, 0) is 60.8 Å². The van der Waals surface area contributed by atoms with Crippen molar-refractivity contribution in [2.45, 2.75) is 91.1 Å². The van der Waals surface area contributed by atoms with Crippen molar-refractivity contribution in [2.24, 2.45) is 0 Å². The number of nitrogens with zero attached hydrogens (tertiary/aromatic N) is 1. The molecule has 1 unspecified atom stereocenters. The van der Waals surface area contributed by atoms with Crippen molar-refractivity contribution in [3.63, 3.8) is 0 Å². The number of carbonyl (C=O) groups is 3. The first-order valence-electron chi connectivity index (χ1n) is 11.3. The Bertz CT molecular complexity index is 565. The number of amides is 1. The van der Waals surface area contributed by atoms with Crippen molar-refractivity contribution in [3.8, 4) is 0 Å². The number of carbonyl (C=O) groups excluding carboxylic acids is 3. The van der Waals surface area contributed by atoms with E-state index in [0.717, 1.165) is 32.4 Å². The maximum atomic E-state index is 12.9. The highest BCUT2D eigenvalue weighted by atomic mass is 16.6. The minimum atomic E-state index is -1.89. The normalized spacial score (nSPS) is 16.3. The van der Waals surface area contributed by atoms with Crippen LogP contribution in [0.3, 0.4) is 0 Å². The smallest absolute Gasteiger partial charge is 0.407 e. The lowest BCUT2D eigenvalue weighted by Crippen LogP contribution is -2.56. The molecule has 1 N–H and O–H groups in total. The van der Waals surface area contributed by atoms with Crippen LogP contribution in [0, 0.1) is 0 Å². The minimum Gasteiger partial charge on any atom is -0.463 e.